The summed E-state index contributed by atoms with van der Waals surface area (Å²) in [4.78, 5) is 17.0. The van der Waals surface area contributed by atoms with Gasteiger partial charge in [-0.05, 0) is 29.3 Å². The molecule has 0 fully saturated rings. The van der Waals surface area contributed by atoms with E-state index in [9.17, 15) is 14.3 Å². The van der Waals surface area contributed by atoms with E-state index in [2.05, 4.69) is 5.32 Å². The lowest BCUT2D eigenvalue weighted by molar-refractivity contribution is 0.0951. The Morgan fingerprint density at radius 2 is 1.63 bits per heavy atom. The van der Waals surface area contributed by atoms with Crippen molar-refractivity contribution in [2.75, 3.05) is 13.2 Å². The third-order valence-electron chi connectivity index (χ3n) is 5.23. The van der Waals surface area contributed by atoms with E-state index < -0.39 is 12.3 Å². The highest BCUT2D eigenvalue weighted by molar-refractivity contribution is 5.97. The Bertz CT molecular complexity index is 1130. The largest absolute Gasteiger partial charge is 0.373 e. The molecule has 0 radical (unpaired) electrons. The molecular weight excluding hydrogens is 381 g/mol. The zero-order chi connectivity index (χ0) is 21.1. The van der Waals surface area contributed by atoms with Crippen LogP contribution in [0, 0.1) is 0 Å². The number of aliphatic hydroxyl groups is 1. The lowest BCUT2D eigenvalue weighted by atomic mass is 9.85. The molecule has 4 aromatic rings. The maximum Gasteiger partial charge on any atom is 0.251 e. The van der Waals surface area contributed by atoms with Crippen LogP contribution in [0.2, 0.25) is 0 Å². The Morgan fingerprint density at radius 1 is 1.03 bits per heavy atom. The first-order valence-corrected chi connectivity index (χ1v) is 9.70. The number of carbonyl (C=O) groups is 1. The van der Waals surface area contributed by atoms with E-state index in [1.165, 1.54) is 0 Å². The summed E-state index contributed by atoms with van der Waals surface area (Å²) in [6.45, 7) is -0.652. The Morgan fingerprint density at radius 3 is 2.20 bits per heavy atom. The molecule has 0 aliphatic heterocycles. The number of nitrogens with zero attached hydrogens (tertiary/aromatic N) is 2. The van der Waals surface area contributed by atoms with E-state index in [4.69, 9.17) is 4.98 Å². The van der Waals surface area contributed by atoms with Crippen LogP contribution in [0.4, 0.5) is 4.39 Å². The highest BCUT2D eigenvalue weighted by Gasteiger charge is 2.38. The van der Waals surface area contributed by atoms with Crippen molar-refractivity contribution < 1.29 is 14.3 Å². The van der Waals surface area contributed by atoms with E-state index in [1.807, 2.05) is 67.7 Å². The third kappa shape index (κ3) is 3.35. The van der Waals surface area contributed by atoms with Gasteiger partial charge in [-0.25, -0.2) is 9.37 Å². The summed E-state index contributed by atoms with van der Waals surface area (Å²) in [5, 5.41) is 14.5. The maximum atomic E-state index is 12.4. The molecule has 1 heterocycles. The van der Waals surface area contributed by atoms with Crippen LogP contribution < -0.4 is 5.32 Å². The highest BCUT2D eigenvalue weighted by Crippen LogP contribution is 2.37. The molecule has 0 atom stereocenters. The molecule has 3 aromatic carbocycles. The number of benzene rings is 3. The van der Waals surface area contributed by atoms with Gasteiger partial charge in [0.1, 0.15) is 6.67 Å². The molecule has 1 aromatic heterocycles. The molecule has 2 N–H and O–H groups in total. The number of carbonyl (C=O) groups excluding carboxylic acids is 1. The van der Waals surface area contributed by atoms with Crippen molar-refractivity contribution in [3.8, 4) is 0 Å². The number of fused-ring (bicyclic) bond motifs is 1. The smallest absolute Gasteiger partial charge is 0.251 e. The van der Waals surface area contributed by atoms with Gasteiger partial charge in [0.05, 0.1) is 11.0 Å². The van der Waals surface area contributed by atoms with Crippen molar-refractivity contribution in [1.29, 1.82) is 0 Å². The molecule has 0 spiro atoms. The van der Waals surface area contributed by atoms with Gasteiger partial charge in [-0.2, -0.15) is 0 Å². The van der Waals surface area contributed by atoms with E-state index in [0.29, 0.717) is 33.5 Å². The molecule has 0 aliphatic carbocycles. The second kappa shape index (κ2) is 8.08. The summed E-state index contributed by atoms with van der Waals surface area (Å²) in [6, 6.07) is 23.8. The second-order valence-corrected chi connectivity index (χ2v) is 7.09. The van der Waals surface area contributed by atoms with Gasteiger partial charge in [0.25, 0.3) is 5.91 Å². The van der Waals surface area contributed by atoms with Crippen LogP contribution in [0.15, 0.2) is 78.9 Å². The minimum Gasteiger partial charge on any atom is -0.373 e. The van der Waals surface area contributed by atoms with E-state index in [1.54, 1.807) is 22.8 Å². The number of aromatic nitrogens is 2. The van der Waals surface area contributed by atoms with Crippen LogP contribution in [0.1, 0.15) is 27.3 Å². The van der Waals surface area contributed by atoms with Gasteiger partial charge in [-0.1, -0.05) is 60.7 Å². The molecule has 0 aliphatic rings. The van der Waals surface area contributed by atoms with Crippen molar-refractivity contribution in [3.63, 3.8) is 0 Å². The number of nitrogens with one attached hydrogen (secondary N) is 1. The van der Waals surface area contributed by atoms with Gasteiger partial charge in [0.15, 0.2) is 11.4 Å². The van der Waals surface area contributed by atoms with Crippen molar-refractivity contribution in [2.45, 2.75) is 5.60 Å². The predicted octanol–water partition coefficient (Wildman–Crippen LogP) is 3.56. The number of imidazole rings is 1. The molecule has 6 heteroatoms. The average molecular weight is 403 g/mol. The normalized spacial score (nSPS) is 11.6. The SMILES string of the molecule is Cn1c(C(O)(c2ccccc2)c2ccccc2)nc2ccc(C(=O)NCCF)cc21. The van der Waals surface area contributed by atoms with Crippen LogP contribution >= 0.6 is 0 Å². The molecule has 0 saturated heterocycles. The molecule has 0 unspecified atom stereocenters. The average Bonchev–Trinajstić information content (AvgIpc) is 3.14. The summed E-state index contributed by atoms with van der Waals surface area (Å²) < 4.78 is 14.2. The van der Waals surface area contributed by atoms with Gasteiger partial charge in [0.2, 0.25) is 0 Å². The Hall–Kier alpha value is -3.51. The Kier molecular flexibility index (Phi) is 5.33. The van der Waals surface area contributed by atoms with Crippen molar-refractivity contribution >= 4 is 16.9 Å². The van der Waals surface area contributed by atoms with Gasteiger partial charge in [0, 0.05) is 19.2 Å². The lowest BCUT2D eigenvalue weighted by Crippen LogP contribution is -2.32. The van der Waals surface area contributed by atoms with Crippen molar-refractivity contribution in [2.24, 2.45) is 7.05 Å². The minimum absolute atomic E-state index is 0.0325. The fourth-order valence-electron chi connectivity index (χ4n) is 3.70. The number of aryl methyl sites for hydroxylation is 1. The van der Waals surface area contributed by atoms with E-state index in [0.717, 1.165) is 0 Å². The summed E-state index contributed by atoms with van der Waals surface area (Å²) in [6.07, 6.45) is 0. The van der Waals surface area contributed by atoms with Crippen molar-refractivity contribution in [3.05, 3.63) is 101 Å². The standard InChI is InChI=1S/C24H22FN3O2/c1-28-21-16-17(22(29)26-15-14-25)12-13-20(21)27-23(28)24(30,18-8-4-2-5-9-18)19-10-6-3-7-11-19/h2-13,16,30H,14-15H2,1H3,(H,26,29). The van der Waals surface area contributed by atoms with Crippen molar-refractivity contribution in [1.82, 2.24) is 14.9 Å². The molecular formula is C24H22FN3O2. The van der Waals surface area contributed by atoms with Gasteiger partial charge < -0.3 is 15.0 Å². The molecule has 152 valence electrons. The quantitative estimate of drug-likeness (QED) is 0.517. The summed E-state index contributed by atoms with van der Waals surface area (Å²) >= 11 is 0. The summed E-state index contributed by atoms with van der Waals surface area (Å²) in [5.41, 5.74) is 1.66. The van der Waals surface area contributed by atoms with Gasteiger partial charge in [-0.15, -0.1) is 0 Å². The summed E-state index contributed by atoms with van der Waals surface area (Å²) in [7, 11) is 1.81. The molecule has 4 rings (SSSR count). The van der Waals surface area contributed by atoms with Crippen LogP contribution in [0.3, 0.4) is 0 Å². The predicted molar refractivity (Wildman–Crippen MR) is 114 cm³/mol. The van der Waals surface area contributed by atoms with Crippen LogP contribution in [-0.2, 0) is 12.6 Å². The molecule has 5 nitrogen and oxygen atoms in total. The Balaban J connectivity index is 1.89. The highest BCUT2D eigenvalue weighted by atomic mass is 19.1. The minimum atomic E-state index is -1.48. The second-order valence-electron chi connectivity index (χ2n) is 7.09. The van der Waals surface area contributed by atoms with E-state index in [-0.39, 0.29) is 12.5 Å². The summed E-state index contributed by atoms with van der Waals surface area (Å²) in [5.74, 6) is 0.0925. The number of hydrogen-bond acceptors (Lipinski definition) is 3. The van der Waals surface area contributed by atoms with Gasteiger partial charge in [-0.3, -0.25) is 4.79 Å². The van der Waals surface area contributed by atoms with Gasteiger partial charge >= 0.3 is 0 Å². The van der Waals surface area contributed by atoms with Crippen LogP contribution in [-0.4, -0.2) is 33.8 Å². The zero-order valence-electron chi connectivity index (χ0n) is 16.5. The molecule has 0 saturated carbocycles. The number of alkyl halides is 1. The fraction of sp³-hybridized carbons (Fsp3) is 0.167. The maximum absolute atomic E-state index is 12.4. The number of amides is 1. The molecule has 30 heavy (non-hydrogen) atoms. The third-order valence-corrected chi connectivity index (χ3v) is 5.23. The van der Waals surface area contributed by atoms with Crippen LogP contribution in [0.25, 0.3) is 11.0 Å². The monoisotopic (exact) mass is 403 g/mol. The van der Waals surface area contributed by atoms with E-state index >= 15 is 0 Å². The molecule has 1 amide bonds. The topological polar surface area (TPSA) is 67.1 Å². The first kappa shape index (κ1) is 19.8. The van der Waals surface area contributed by atoms with Crippen LogP contribution in [0.5, 0.6) is 0 Å². The lowest BCUT2D eigenvalue weighted by Gasteiger charge is -2.29. The first-order chi connectivity index (χ1) is 14.6. The number of rotatable bonds is 6. The molecule has 0 bridgehead atoms. The number of halogens is 1. The number of hydrogen-bond donors (Lipinski definition) is 2. The Labute approximate surface area is 173 Å². The zero-order valence-corrected chi connectivity index (χ0v) is 16.5. The first-order valence-electron chi connectivity index (χ1n) is 9.70. The fourth-order valence-corrected chi connectivity index (χ4v) is 3.70.